The number of hydrogen-bond acceptors (Lipinski definition) is 7. The summed E-state index contributed by atoms with van der Waals surface area (Å²) in [6, 6.07) is 3.73. The largest absolute Gasteiger partial charge is 0.507 e. The van der Waals surface area contributed by atoms with Crippen LogP contribution in [0.4, 0.5) is 5.82 Å². The van der Waals surface area contributed by atoms with Gasteiger partial charge in [-0.1, -0.05) is 19.9 Å². The molecule has 1 aliphatic heterocycles. The molecule has 9 nitrogen and oxygen atoms in total. The van der Waals surface area contributed by atoms with Gasteiger partial charge in [-0.3, -0.25) is 0 Å². The first-order chi connectivity index (χ1) is 14.3. The lowest BCUT2D eigenvalue weighted by Crippen LogP contribution is -2.44. The molecular formula is C21H28N6O3. The van der Waals surface area contributed by atoms with Gasteiger partial charge in [0.1, 0.15) is 11.6 Å². The number of H-pyrrole nitrogens is 1. The monoisotopic (exact) mass is 412 g/mol. The lowest BCUT2D eigenvalue weighted by atomic mass is 9.84. The van der Waals surface area contributed by atoms with Crippen LogP contribution < -0.4 is 10.6 Å². The van der Waals surface area contributed by atoms with Crippen LogP contribution in [0.3, 0.4) is 0 Å². The molecule has 0 amide bonds. The number of rotatable bonds is 4. The van der Waals surface area contributed by atoms with Gasteiger partial charge in [-0.2, -0.15) is 5.10 Å². The molecule has 30 heavy (non-hydrogen) atoms. The number of hydrogen-bond donors (Lipinski definition) is 3. The van der Waals surface area contributed by atoms with E-state index in [1.54, 1.807) is 12.3 Å². The molecular weight excluding hydrogens is 384 g/mol. The molecule has 3 heterocycles. The van der Waals surface area contributed by atoms with Crippen molar-refractivity contribution < 1.29 is 10.2 Å². The van der Waals surface area contributed by atoms with Crippen molar-refractivity contribution in [2.24, 2.45) is 11.8 Å². The number of allylic oxidation sites excluding steroid dienone is 1. The van der Waals surface area contributed by atoms with Crippen LogP contribution in [0.1, 0.15) is 19.7 Å². The summed E-state index contributed by atoms with van der Waals surface area (Å²) in [6.07, 6.45) is 4.05. The van der Waals surface area contributed by atoms with Gasteiger partial charge in [0.2, 0.25) is 0 Å². The van der Waals surface area contributed by atoms with Crippen molar-refractivity contribution in [3.63, 3.8) is 0 Å². The summed E-state index contributed by atoms with van der Waals surface area (Å²) in [5, 5.41) is 27.3. The average Bonchev–Trinajstić information content (AvgIpc) is 3.09. The normalized spacial score (nSPS) is 22.9. The SMILES string of the molecule is CC(C)C1C=C(c2n[nH]c(=O)n2-c2ccc(N3CCN(C)CC3)nc2)C(O)=CC1O. The molecule has 0 radical (unpaired) electrons. The molecule has 0 aromatic carbocycles. The molecule has 0 bridgehead atoms. The van der Waals surface area contributed by atoms with Crippen LogP contribution in [0.5, 0.6) is 0 Å². The topological polar surface area (TPSA) is 111 Å². The molecule has 1 fully saturated rings. The molecule has 0 saturated carbocycles. The average molecular weight is 412 g/mol. The number of pyridine rings is 1. The fraction of sp³-hybridized carbons (Fsp3) is 0.476. The Labute approximate surface area is 175 Å². The summed E-state index contributed by atoms with van der Waals surface area (Å²) >= 11 is 0. The van der Waals surface area contributed by atoms with Gasteiger partial charge in [-0.05, 0) is 31.2 Å². The van der Waals surface area contributed by atoms with Crippen molar-refractivity contribution in [2.45, 2.75) is 20.0 Å². The predicted octanol–water partition coefficient (Wildman–Crippen LogP) is 1.18. The number of nitrogens with one attached hydrogen (secondary N) is 1. The third-order valence-electron chi connectivity index (χ3n) is 5.86. The smallest absolute Gasteiger partial charge is 0.348 e. The minimum Gasteiger partial charge on any atom is -0.507 e. The molecule has 2 aliphatic rings. The molecule has 0 spiro atoms. The summed E-state index contributed by atoms with van der Waals surface area (Å²) < 4.78 is 1.39. The van der Waals surface area contributed by atoms with Gasteiger partial charge in [0.05, 0.1) is 23.6 Å². The molecule has 2 atom stereocenters. The second kappa shape index (κ2) is 8.08. The highest BCUT2D eigenvalue weighted by atomic mass is 16.3. The molecule has 2 unspecified atom stereocenters. The first-order valence-electron chi connectivity index (χ1n) is 10.2. The Kier molecular flexibility index (Phi) is 5.48. The van der Waals surface area contributed by atoms with Gasteiger partial charge in [-0.15, -0.1) is 0 Å². The van der Waals surface area contributed by atoms with E-state index in [-0.39, 0.29) is 17.6 Å². The third kappa shape index (κ3) is 3.78. The van der Waals surface area contributed by atoms with E-state index < -0.39 is 11.8 Å². The Hall–Kier alpha value is -2.91. The van der Waals surface area contributed by atoms with Crippen LogP contribution >= 0.6 is 0 Å². The van der Waals surface area contributed by atoms with E-state index in [0.29, 0.717) is 17.1 Å². The molecule has 1 saturated heterocycles. The summed E-state index contributed by atoms with van der Waals surface area (Å²) in [5.41, 5.74) is 0.558. The zero-order valence-electron chi connectivity index (χ0n) is 17.5. The number of piperazine rings is 1. The second-order valence-electron chi connectivity index (χ2n) is 8.30. The van der Waals surface area contributed by atoms with Crippen molar-refractivity contribution in [3.05, 3.63) is 52.5 Å². The molecule has 160 valence electrons. The highest BCUT2D eigenvalue weighted by Gasteiger charge is 2.29. The third-order valence-corrected chi connectivity index (χ3v) is 5.86. The molecule has 2 aromatic heterocycles. The van der Waals surface area contributed by atoms with Crippen molar-refractivity contribution in [1.29, 1.82) is 0 Å². The Balaban J connectivity index is 1.67. The van der Waals surface area contributed by atoms with E-state index in [1.807, 2.05) is 26.0 Å². The Bertz CT molecular complexity index is 1010. The van der Waals surface area contributed by atoms with Gasteiger partial charge in [0.15, 0.2) is 5.82 Å². The Morgan fingerprint density at radius 3 is 2.53 bits per heavy atom. The van der Waals surface area contributed by atoms with Gasteiger partial charge >= 0.3 is 5.69 Å². The quantitative estimate of drug-likeness (QED) is 0.692. The molecule has 3 N–H and O–H groups in total. The van der Waals surface area contributed by atoms with Crippen molar-refractivity contribution >= 4 is 11.4 Å². The number of anilines is 1. The zero-order chi connectivity index (χ0) is 21.4. The van der Waals surface area contributed by atoms with Gasteiger partial charge in [0.25, 0.3) is 0 Å². The number of likely N-dealkylation sites (N-methyl/N-ethyl adjacent to an activating group) is 1. The van der Waals surface area contributed by atoms with Crippen LogP contribution in [-0.2, 0) is 0 Å². The summed E-state index contributed by atoms with van der Waals surface area (Å²) in [6.45, 7) is 7.77. The standard InChI is InChI=1S/C21H28N6O3/c1-13(2)15-10-16(18(29)11-17(15)28)20-23-24-21(30)27(20)14-4-5-19(22-12-14)26-8-6-25(3)7-9-26/h4-5,10-13,15,17,28-29H,6-9H2,1-3H3,(H,24,30). The number of aliphatic hydroxyl groups is 2. The lowest BCUT2D eigenvalue weighted by Gasteiger charge is -2.33. The van der Waals surface area contributed by atoms with Gasteiger partial charge < -0.3 is 20.0 Å². The van der Waals surface area contributed by atoms with Crippen LogP contribution in [0.25, 0.3) is 11.3 Å². The number of aliphatic hydroxyl groups excluding tert-OH is 2. The van der Waals surface area contributed by atoms with E-state index in [9.17, 15) is 15.0 Å². The van der Waals surface area contributed by atoms with E-state index in [4.69, 9.17) is 0 Å². The Morgan fingerprint density at radius 1 is 1.17 bits per heavy atom. The molecule has 9 heteroatoms. The van der Waals surface area contributed by atoms with E-state index >= 15 is 0 Å². The fourth-order valence-electron chi connectivity index (χ4n) is 3.97. The maximum atomic E-state index is 12.5. The maximum absolute atomic E-state index is 12.5. The van der Waals surface area contributed by atoms with Crippen LogP contribution in [0.15, 0.2) is 41.0 Å². The first kappa shape index (κ1) is 20.4. The lowest BCUT2D eigenvalue weighted by molar-refractivity contribution is 0.144. The summed E-state index contributed by atoms with van der Waals surface area (Å²) in [7, 11) is 2.10. The molecule has 4 rings (SSSR count). The second-order valence-corrected chi connectivity index (χ2v) is 8.30. The van der Waals surface area contributed by atoms with Gasteiger partial charge in [0, 0.05) is 32.1 Å². The van der Waals surface area contributed by atoms with E-state index in [1.165, 1.54) is 10.6 Å². The highest BCUT2D eigenvalue weighted by molar-refractivity contribution is 5.75. The minimum absolute atomic E-state index is 0.0957. The number of aromatic nitrogens is 4. The van der Waals surface area contributed by atoms with Crippen molar-refractivity contribution in [1.82, 2.24) is 24.6 Å². The summed E-state index contributed by atoms with van der Waals surface area (Å²) in [4.78, 5) is 21.6. The van der Waals surface area contributed by atoms with Crippen LogP contribution in [0.2, 0.25) is 0 Å². The Morgan fingerprint density at radius 2 is 1.90 bits per heavy atom. The highest BCUT2D eigenvalue weighted by Crippen LogP contribution is 2.32. The van der Waals surface area contributed by atoms with Crippen molar-refractivity contribution in [3.8, 4) is 5.69 Å². The van der Waals surface area contributed by atoms with Crippen molar-refractivity contribution in [2.75, 3.05) is 38.1 Å². The van der Waals surface area contributed by atoms with E-state index in [0.717, 1.165) is 32.0 Å². The first-order valence-corrected chi connectivity index (χ1v) is 10.2. The minimum atomic E-state index is -0.780. The molecule has 2 aromatic rings. The predicted molar refractivity (Wildman–Crippen MR) is 115 cm³/mol. The fourth-order valence-corrected chi connectivity index (χ4v) is 3.97. The zero-order valence-corrected chi connectivity index (χ0v) is 17.5. The van der Waals surface area contributed by atoms with Crippen LogP contribution in [-0.4, -0.2) is 74.2 Å². The van der Waals surface area contributed by atoms with Gasteiger partial charge in [-0.25, -0.2) is 19.4 Å². The number of nitrogens with zero attached hydrogens (tertiary/aromatic N) is 5. The number of aromatic amines is 1. The van der Waals surface area contributed by atoms with E-state index in [2.05, 4.69) is 32.0 Å². The maximum Gasteiger partial charge on any atom is 0.348 e. The summed E-state index contributed by atoms with van der Waals surface area (Å²) in [5.74, 6) is 1.03. The molecule has 1 aliphatic carbocycles. The van der Waals surface area contributed by atoms with Crippen LogP contribution in [0, 0.1) is 11.8 Å².